The van der Waals surface area contributed by atoms with E-state index < -0.39 is 0 Å². The lowest BCUT2D eigenvalue weighted by Gasteiger charge is -2.17. The molecule has 2 aromatic carbocycles. The first-order chi connectivity index (χ1) is 9.60. The first-order valence-corrected chi connectivity index (χ1v) is 7.16. The first kappa shape index (κ1) is 14.9. The lowest BCUT2D eigenvalue weighted by atomic mass is 10.1. The van der Waals surface area contributed by atoms with Crippen molar-refractivity contribution in [3.63, 3.8) is 0 Å². The molecule has 0 aliphatic heterocycles. The molecular weight excluding hydrogens is 293 g/mol. The molecule has 0 radical (unpaired) electrons. The average molecular weight is 308 g/mol. The number of alkyl halides is 1. The summed E-state index contributed by atoms with van der Waals surface area (Å²) in [5.41, 5.74) is 2.66. The van der Waals surface area contributed by atoms with Gasteiger partial charge in [-0.2, -0.15) is 0 Å². The minimum absolute atomic E-state index is 0.0221. The smallest absolute Gasteiger partial charge is 0.253 e. The Morgan fingerprint density at radius 2 is 1.80 bits per heavy atom. The minimum atomic E-state index is -0.0221. The third kappa shape index (κ3) is 3.75. The summed E-state index contributed by atoms with van der Waals surface area (Å²) in [6, 6.07) is 14.8. The van der Waals surface area contributed by atoms with Gasteiger partial charge in [0.25, 0.3) is 5.91 Å². The van der Waals surface area contributed by atoms with Crippen molar-refractivity contribution in [2.75, 3.05) is 7.05 Å². The summed E-state index contributed by atoms with van der Waals surface area (Å²) < 4.78 is 0. The summed E-state index contributed by atoms with van der Waals surface area (Å²) in [7, 11) is 1.78. The van der Waals surface area contributed by atoms with Gasteiger partial charge >= 0.3 is 0 Å². The summed E-state index contributed by atoms with van der Waals surface area (Å²) in [6.45, 7) is 0.524. The molecule has 2 rings (SSSR count). The zero-order valence-electron chi connectivity index (χ0n) is 11.1. The number of nitrogens with zero attached hydrogens (tertiary/aromatic N) is 1. The molecule has 0 bridgehead atoms. The van der Waals surface area contributed by atoms with Gasteiger partial charge in [-0.1, -0.05) is 35.9 Å². The second kappa shape index (κ2) is 6.78. The van der Waals surface area contributed by atoms with Gasteiger partial charge in [-0.25, -0.2) is 0 Å². The van der Waals surface area contributed by atoms with Crippen molar-refractivity contribution in [1.82, 2.24) is 4.90 Å². The highest BCUT2D eigenvalue weighted by Crippen LogP contribution is 2.14. The van der Waals surface area contributed by atoms with Crippen LogP contribution in [0.2, 0.25) is 5.02 Å². The zero-order chi connectivity index (χ0) is 14.5. The standard InChI is InChI=1S/C16H15Cl2NO/c1-19(11-13-3-2-4-15(18)9-13)16(20)14-7-5-12(10-17)6-8-14/h2-9H,10-11H2,1H3. The maximum atomic E-state index is 12.3. The second-order valence-electron chi connectivity index (χ2n) is 4.62. The average Bonchev–Trinajstić information content (AvgIpc) is 2.46. The fourth-order valence-corrected chi connectivity index (χ4v) is 2.33. The first-order valence-electron chi connectivity index (χ1n) is 6.25. The van der Waals surface area contributed by atoms with Gasteiger partial charge in [-0.05, 0) is 35.4 Å². The van der Waals surface area contributed by atoms with E-state index in [9.17, 15) is 4.79 Å². The monoisotopic (exact) mass is 307 g/mol. The van der Waals surface area contributed by atoms with Crippen molar-refractivity contribution in [3.8, 4) is 0 Å². The van der Waals surface area contributed by atoms with E-state index in [1.54, 1.807) is 24.1 Å². The van der Waals surface area contributed by atoms with Crippen LogP contribution in [0, 0.1) is 0 Å². The predicted octanol–water partition coefficient (Wildman–Crippen LogP) is 4.35. The molecule has 2 aromatic rings. The summed E-state index contributed by atoms with van der Waals surface area (Å²) >= 11 is 11.7. The van der Waals surface area contributed by atoms with Crippen LogP contribution in [0.5, 0.6) is 0 Å². The fraction of sp³-hybridized carbons (Fsp3) is 0.188. The van der Waals surface area contributed by atoms with Crippen LogP contribution in [0.3, 0.4) is 0 Å². The number of hydrogen-bond acceptors (Lipinski definition) is 1. The molecule has 0 N–H and O–H groups in total. The van der Waals surface area contributed by atoms with Gasteiger partial charge < -0.3 is 4.90 Å². The van der Waals surface area contributed by atoms with E-state index in [0.717, 1.165) is 11.1 Å². The van der Waals surface area contributed by atoms with Crippen LogP contribution in [-0.4, -0.2) is 17.9 Å². The summed E-state index contributed by atoms with van der Waals surface area (Å²) in [5, 5.41) is 0.676. The Morgan fingerprint density at radius 1 is 1.10 bits per heavy atom. The molecule has 0 spiro atoms. The summed E-state index contributed by atoms with van der Waals surface area (Å²) in [6.07, 6.45) is 0. The van der Waals surface area contributed by atoms with Gasteiger partial charge in [-0.3, -0.25) is 4.79 Å². The maximum absolute atomic E-state index is 12.3. The molecule has 0 saturated heterocycles. The van der Waals surface area contributed by atoms with Gasteiger partial charge in [0.1, 0.15) is 0 Å². The summed E-state index contributed by atoms with van der Waals surface area (Å²) in [5.74, 6) is 0.429. The van der Waals surface area contributed by atoms with Gasteiger partial charge in [0.05, 0.1) is 0 Å². The van der Waals surface area contributed by atoms with E-state index in [1.165, 1.54) is 0 Å². The molecule has 1 amide bonds. The highest BCUT2D eigenvalue weighted by molar-refractivity contribution is 6.30. The minimum Gasteiger partial charge on any atom is -0.337 e. The molecule has 0 heterocycles. The van der Waals surface area contributed by atoms with Crippen molar-refractivity contribution in [1.29, 1.82) is 0 Å². The molecule has 0 saturated carbocycles. The Balaban J connectivity index is 2.07. The van der Waals surface area contributed by atoms with Crippen LogP contribution in [0.25, 0.3) is 0 Å². The van der Waals surface area contributed by atoms with Crippen LogP contribution < -0.4 is 0 Å². The summed E-state index contributed by atoms with van der Waals surface area (Å²) in [4.78, 5) is 14.0. The van der Waals surface area contributed by atoms with Crippen molar-refractivity contribution >= 4 is 29.1 Å². The van der Waals surface area contributed by atoms with Crippen molar-refractivity contribution in [2.45, 2.75) is 12.4 Å². The van der Waals surface area contributed by atoms with E-state index in [-0.39, 0.29) is 5.91 Å². The third-order valence-corrected chi connectivity index (χ3v) is 3.55. The number of amides is 1. The molecule has 20 heavy (non-hydrogen) atoms. The molecule has 4 heteroatoms. The molecule has 0 unspecified atom stereocenters. The van der Waals surface area contributed by atoms with Crippen LogP contribution >= 0.6 is 23.2 Å². The van der Waals surface area contributed by atoms with Gasteiger partial charge in [-0.15, -0.1) is 11.6 Å². The van der Waals surface area contributed by atoms with Crippen molar-refractivity contribution < 1.29 is 4.79 Å². The lowest BCUT2D eigenvalue weighted by molar-refractivity contribution is 0.0785. The van der Waals surface area contributed by atoms with Crippen LogP contribution in [0.4, 0.5) is 0 Å². The number of benzene rings is 2. The number of carbonyl (C=O) groups excluding carboxylic acids is 1. The zero-order valence-corrected chi connectivity index (χ0v) is 12.7. The molecule has 0 aliphatic rings. The molecular formula is C16H15Cl2NO. The van der Waals surface area contributed by atoms with Crippen LogP contribution in [-0.2, 0) is 12.4 Å². The van der Waals surface area contributed by atoms with Crippen molar-refractivity contribution in [3.05, 3.63) is 70.2 Å². The Labute approximate surface area is 128 Å². The molecule has 2 nitrogen and oxygen atoms in total. The Bertz CT molecular complexity index is 596. The highest BCUT2D eigenvalue weighted by atomic mass is 35.5. The lowest BCUT2D eigenvalue weighted by Crippen LogP contribution is -2.26. The number of halogens is 2. The number of hydrogen-bond donors (Lipinski definition) is 0. The van der Waals surface area contributed by atoms with E-state index in [4.69, 9.17) is 23.2 Å². The molecule has 104 valence electrons. The van der Waals surface area contributed by atoms with Crippen molar-refractivity contribution in [2.24, 2.45) is 0 Å². The second-order valence-corrected chi connectivity index (χ2v) is 5.33. The molecule has 0 aromatic heterocycles. The topological polar surface area (TPSA) is 20.3 Å². The highest BCUT2D eigenvalue weighted by Gasteiger charge is 2.12. The normalized spacial score (nSPS) is 10.3. The maximum Gasteiger partial charge on any atom is 0.253 e. The van der Waals surface area contributed by atoms with E-state index in [1.807, 2.05) is 36.4 Å². The quantitative estimate of drug-likeness (QED) is 0.769. The van der Waals surface area contributed by atoms with Crippen LogP contribution in [0.1, 0.15) is 21.5 Å². The number of rotatable bonds is 4. The Hall–Kier alpha value is -1.51. The van der Waals surface area contributed by atoms with Gasteiger partial charge in [0, 0.05) is 30.1 Å². The third-order valence-electron chi connectivity index (χ3n) is 3.01. The van der Waals surface area contributed by atoms with E-state index in [0.29, 0.717) is 23.0 Å². The predicted molar refractivity (Wildman–Crippen MR) is 83.2 cm³/mol. The Kier molecular flexibility index (Phi) is 5.05. The fourth-order valence-electron chi connectivity index (χ4n) is 1.94. The Morgan fingerprint density at radius 3 is 2.40 bits per heavy atom. The number of carbonyl (C=O) groups is 1. The SMILES string of the molecule is CN(Cc1cccc(Cl)c1)C(=O)c1ccc(CCl)cc1. The van der Waals surface area contributed by atoms with Gasteiger partial charge in [0.15, 0.2) is 0 Å². The van der Waals surface area contributed by atoms with E-state index in [2.05, 4.69) is 0 Å². The largest absolute Gasteiger partial charge is 0.337 e. The molecule has 0 aliphatic carbocycles. The van der Waals surface area contributed by atoms with E-state index >= 15 is 0 Å². The molecule has 0 fully saturated rings. The van der Waals surface area contributed by atoms with Gasteiger partial charge in [0.2, 0.25) is 0 Å². The van der Waals surface area contributed by atoms with Crippen LogP contribution in [0.15, 0.2) is 48.5 Å². The molecule has 0 atom stereocenters.